The number of urea groups is 1. The highest BCUT2D eigenvalue weighted by molar-refractivity contribution is 6.19. The van der Waals surface area contributed by atoms with Gasteiger partial charge >= 0.3 is 12.2 Å². The van der Waals surface area contributed by atoms with Crippen molar-refractivity contribution in [3.63, 3.8) is 0 Å². The molecule has 0 atom stereocenters. The lowest BCUT2D eigenvalue weighted by Crippen LogP contribution is -2.33. The molecule has 2 rings (SSSR count). The van der Waals surface area contributed by atoms with E-state index in [-0.39, 0.29) is 18.8 Å². The predicted molar refractivity (Wildman–Crippen MR) is 63.9 cm³/mol. The Morgan fingerprint density at radius 1 is 1.35 bits per heavy atom. The smallest absolute Gasteiger partial charge is 0.311 e. The molecule has 0 aliphatic carbocycles. The lowest BCUT2D eigenvalue weighted by molar-refractivity contribution is -0.141. The number of aromatic nitrogens is 1. The van der Waals surface area contributed by atoms with Gasteiger partial charge in [0.2, 0.25) is 0 Å². The van der Waals surface area contributed by atoms with Crippen molar-refractivity contribution in [2.75, 3.05) is 18.0 Å². The molecule has 5 nitrogen and oxygen atoms in total. The van der Waals surface area contributed by atoms with Crippen LogP contribution < -0.4 is 4.90 Å². The first kappa shape index (κ1) is 14.0. The van der Waals surface area contributed by atoms with Crippen LogP contribution in [0.1, 0.15) is 5.69 Å². The zero-order valence-corrected chi connectivity index (χ0v) is 10.2. The second kappa shape index (κ2) is 4.95. The molecule has 0 N–H and O–H groups in total. The van der Waals surface area contributed by atoms with Crippen LogP contribution in [0, 0.1) is 0 Å². The lowest BCUT2D eigenvalue weighted by Gasteiger charge is -2.16. The Hall–Kier alpha value is -2.38. The maximum Gasteiger partial charge on any atom is 0.433 e. The van der Waals surface area contributed by atoms with E-state index in [0.717, 1.165) is 23.2 Å². The van der Waals surface area contributed by atoms with Gasteiger partial charge in [0, 0.05) is 6.54 Å². The fourth-order valence-corrected chi connectivity index (χ4v) is 1.79. The number of anilines is 1. The van der Waals surface area contributed by atoms with E-state index in [0.29, 0.717) is 0 Å². The summed E-state index contributed by atoms with van der Waals surface area (Å²) in [5.74, 6) is -0.515. The Bertz CT molecular complexity index is 554. The topological polar surface area (TPSA) is 53.5 Å². The van der Waals surface area contributed by atoms with Crippen LogP contribution in [0.2, 0.25) is 0 Å². The fraction of sp³-hybridized carbons (Fsp3) is 0.250. The molecule has 2 heterocycles. The zero-order chi connectivity index (χ0) is 14.9. The highest BCUT2D eigenvalue weighted by Gasteiger charge is 2.37. The Kier molecular flexibility index (Phi) is 3.47. The van der Waals surface area contributed by atoms with Crippen LogP contribution in [-0.4, -0.2) is 34.9 Å². The Morgan fingerprint density at radius 2 is 2.05 bits per heavy atom. The third kappa shape index (κ3) is 2.49. The number of alkyl halides is 3. The Morgan fingerprint density at radius 3 is 2.55 bits per heavy atom. The number of carbonyl (C=O) groups excluding carboxylic acids is 2. The largest absolute Gasteiger partial charge is 0.433 e. The molecule has 8 heteroatoms. The summed E-state index contributed by atoms with van der Waals surface area (Å²) in [5, 5.41) is 0. The minimum Gasteiger partial charge on any atom is -0.311 e. The number of hydrogen-bond donors (Lipinski definition) is 0. The standard InChI is InChI=1S/C12H10F3N3O2/c1-2-5-17-7-10(19)18(11(17)20)8-3-4-9(16-6-8)12(13,14)15/h2-4,6H,1,5,7H2. The van der Waals surface area contributed by atoms with Crippen molar-refractivity contribution >= 4 is 17.6 Å². The summed E-state index contributed by atoms with van der Waals surface area (Å²) in [6.07, 6.45) is -2.25. The Balaban J connectivity index is 2.26. The van der Waals surface area contributed by atoms with Gasteiger partial charge < -0.3 is 4.90 Å². The minimum atomic E-state index is -4.56. The second-order valence-electron chi connectivity index (χ2n) is 4.08. The minimum absolute atomic E-state index is 0.0135. The molecule has 0 saturated carbocycles. The van der Waals surface area contributed by atoms with E-state index >= 15 is 0 Å². The Labute approximate surface area is 112 Å². The molecule has 1 aliphatic heterocycles. The molecule has 106 valence electrons. The molecule has 20 heavy (non-hydrogen) atoms. The normalized spacial score (nSPS) is 15.9. The van der Waals surface area contributed by atoms with E-state index in [2.05, 4.69) is 11.6 Å². The molecular formula is C12H10F3N3O2. The number of imide groups is 1. The third-order valence-corrected chi connectivity index (χ3v) is 2.68. The number of pyridine rings is 1. The van der Waals surface area contributed by atoms with E-state index in [1.54, 1.807) is 0 Å². The number of amides is 3. The zero-order valence-electron chi connectivity index (χ0n) is 10.2. The molecule has 0 bridgehead atoms. The molecule has 0 spiro atoms. The van der Waals surface area contributed by atoms with Crippen LogP contribution in [0.5, 0.6) is 0 Å². The van der Waals surface area contributed by atoms with E-state index in [4.69, 9.17) is 0 Å². The SMILES string of the molecule is C=CCN1CC(=O)N(c2ccc(C(F)(F)F)nc2)C1=O. The first-order valence-electron chi connectivity index (χ1n) is 5.60. The van der Waals surface area contributed by atoms with Crippen LogP contribution in [0.4, 0.5) is 23.7 Å². The molecule has 1 saturated heterocycles. The summed E-state index contributed by atoms with van der Waals surface area (Å²) < 4.78 is 37.1. The van der Waals surface area contributed by atoms with Crippen molar-refractivity contribution in [3.05, 3.63) is 36.7 Å². The van der Waals surface area contributed by atoms with Crippen molar-refractivity contribution in [1.29, 1.82) is 0 Å². The van der Waals surface area contributed by atoms with Crippen LogP contribution in [0.25, 0.3) is 0 Å². The molecule has 1 fully saturated rings. The van der Waals surface area contributed by atoms with Gasteiger partial charge in [-0.05, 0) is 12.1 Å². The van der Waals surface area contributed by atoms with Gasteiger partial charge in [-0.15, -0.1) is 6.58 Å². The van der Waals surface area contributed by atoms with Crippen LogP contribution >= 0.6 is 0 Å². The summed E-state index contributed by atoms with van der Waals surface area (Å²) in [6, 6.07) is 1.17. The van der Waals surface area contributed by atoms with E-state index in [9.17, 15) is 22.8 Å². The molecule has 0 unspecified atom stereocenters. The van der Waals surface area contributed by atoms with Crippen molar-refractivity contribution in [2.45, 2.75) is 6.18 Å². The highest BCUT2D eigenvalue weighted by atomic mass is 19.4. The van der Waals surface area contributed by atoms with Gasteiger partial charge in [0.05, 0.1) is 11.9 Å². The highest BCUT2D eigenvalue weighted by Crippen LogP contribution is 2.29. The predicted octanol–water partition coefficient (Wildman–Crippen LogP) is 2.05. The summed E-state index contributed by atoms with van der Waals surface area (Å²) in [5.41, 5.74) is -1.07. The van der Waals surface area contributed by atoms with E-state index in [1.165, 1.54) is 11.0 Å². The van der Waals surface area contributed by atoms with Gasteiger partial charge in [-0.2, -0.15) is 13.2 Å². The maximum atomic E-state index is 12.4. The maximum absolute atomic E-state index is 12.4. The summed E-state index contributed by atoms with van der Waals surface area (Å²) in [7, 11) is 0. The second-order valence-corrected chi connectivity index (χ2v) is 4.08. The van der Waals surface area contributed by atoms with Gasteiger partial charge in [-0.25, -0.2) is 14.7 Å². The molecule has 1 aromatic heterocycles. The molecule has 0 radical (unpaired) electrons. The van der Waals surface area contributed by atoms with Gasteiger partial charge in [0.1, 0.15) is 12.2 Å². The summed E-state index contributed by atoms with van der Waals surface area (Å²) in [6.45, 7) is 3.52. The molecule has 0 aromatic carbocycles. The van der Waals surface area contributed by atoms with Gasteiger partial charge in [0.15, 0.2) is 0 Å². The average Bonchev–Trinajstić information content (AvgIpc) is 2.64. The van der Waals surface area contributed by atoms with Crippen molar-refractivity contribution in [1.82, 2.24) is 9.88 Å². The van der Waals surface area contributed by atoms with E-state index < -0.39 is 23.8 Å². The van der Waals surface area contributed by atoms with Crippen LogP contribution in [0.15, 0.2) is 31.0 Å². The van der Waals surface area contributed by atoms with Crippen molar-refractivity contribution in [3.8, 4) is 0 Å². The summed E-state index contributed by atoms with van der Waals surface area (Å²) >= 11 is 0. The van der Waals surface area contributed by atoms with Crippen molar-refractivity contribution in [2.24, 2.45) is 0 Å². The number of hydrogen-bond acceptors (Lipinski definition) is 3. The first-order valence-corrected chi connectivity index (χ1v) is 5.60. The first-order chi connectivity index (χ1) is 9.34. The molecular weight excluding hydrogens is 275 g/mol. The van der Waals surface area contributed by atoms with E-state index in [1.807, 2.05) is 0 Å². The lowest BCUT2D eigenvalue weighted by atomic mass is 10.3. The quantitative estimate of drug-likeness (QED) is 0.631. The van der Waals surface area contributed by atoms with Gasteiger partial charge in [-0.3, -0.25) is 4.79 Å². The monoisotopic (exact) mass is 285 g/mol. The average molecular weight is 285 g/mol. The van der Waals surface area contributed by atoms with Crippen molar-refractivity contribution < 1.29 is 22.8 Å². The molecule has 1 aromatic rings. The van der Waals surface area contributed by atoms with Gasteiger partial charge in [-0.1, -0.05) is 6.08 Å². The number of halogens is 3. The molecule has 1 aliphatic rings. The number of nitrogens with zero attached hydrogens (tertiary/aromatic N) is 3. The van der Waals surface area contributed by atoms with Gasteiger partial charge in [0.25, 0.3) is 5.91 Å². The van der Waals surface area contributed by atoms with Crippen LogP contribution in [-0.2, 0) is 11.0 Å². The number of rotatable bonds is 3. The fourth-order valence-electron chi connectivity index (χ4n) is 1.79. The van der Waals surface area contributed by atoms with Crippen LogP contribution in [0.3, 0.4) is 0 Å². The molecule has 3 amide bonds. The third-order valence-electron chi connectivity index (χ3n) is 2.68. The summed E-state index contributed by atoms with van der Waals surface area (Å²) in [4.78, 5) is 28.9. The number of carbonyl (C=O) groups is 2.